The van der Waals surface area contributed by atoms with E-state index in [-0.39, 0.29) is 10.6 Å². The fourth-order valence-electron chi connectivity index (χ4n) is 1.41. The van der Waals surface area contributed by atoms with Crippen molar-refractivity contribution in [3.05, 3.63) is 56.9 Å². The van der Waals surface area contributed by atoms with Crippen molar-refractivity contribution >= 4 is 15.7 Å². The topological polar surface area (TPSA) is 112 Å². The van der Waals surface area contributed by atoms with E-state index < -0.39 is 21.3 Å². The third-order valence-electron chi connectivity index (χ3n) is 2.39. The number of nitrogens with one attached hydrogen (secondary N) is 3. The summed E-state index contributed by atoms with van der Waals surface area (Å²) in [6.07, 6.45) is 1.01. The van der Waals surface area contributed by atoms with E-state index in [1.807, 2.05) is 11.9 Å². The molecule has 1 aromatic heterocycles. The van der Waals surface area contributed by atoms with Gasteiger partial charge in [-0.3, -0.25) is 14.5 Å². The van der Waals surface area contributed by atoms with Crippen LogP contribution in [0.4, 0.5) is 5.69 Å². The molecule has 0 spiro atoms. The Bertz CT molecular complexity index is 803. The van der Waals surface area contributed by atoms with E-state index in [1.165, 1.54) is 12.1 Å². The van der Waals surface area contributed by atoms with Gasteiger partial charge in [-0.15, -0.1) is 0 Å². The van der Waals surface area contributed by atoms with Crippen molar-refractivity contribution < 1.29 is 8.42 Å². The summed E-state index contributed by atoms with van der Waals surface area (Å²) in [6.45, 7) is 1.83. The lowest BCUT2D eigenvalue weighted by molar-refractivity contribution is 0.601. The molecule has 0 aliphatic heterocycles. The van der Waals surface area contributed by atoms with Crippen molar-refractivity contribution in [2.75, 3.05) is 4.72 Å². The lowest BCUT2D eigenvalue weighted by Gasteiger charge is -2.06. The number of sulfonamides is 1. The molecule has 0 atom stereocenters. The summed E-state index contributed by atoms with van der Waals surface area (Å²) in [5.74, 6) is 0. The average Bonchev–Trinajstić information content (AvgIpc) is 2.33. The normalized spacial score (nSPS) is 11.2. The first kappa shape index (κ1) is 13.1. The maximum Gasteiger partial charge on any atom is 0.325 e. The number of hydrogen-bond donors (Lipinski definition) is 3. The lowest BCUT2D eigenvalue weighted by atomic mass is 10.2. The van der Waals surface area contributed by atoms with Gasteiger partial charge in [-0.05, 0) is 19.1 Å². The van der Waals surface area contributed by atoms with Gasteiger partial charge in [-0.2, -0.15) is 0 Å². The highest BCUT2D eigenvalue weighted by molar-refractivity contribution is 7.92. The Morgan fingerprint density at radius 3 is 2.32 bits per heavy atom. The Morgan fingerprint density at radius 1 is 1.11 bits per heavy atom. The molecule has 19 heavy (non-hydrogen) atoms. The maximum atomic E-state index is 12.0. The fourth-order valence-corrected chi connectivity index (χ4v) is 2.46. The molecule has 0 unspecified atom stereocenters. The molecule has 0 aliphatic carbocycles. The molecule has 1 aromatic carbocycles. The molecule has 0 bridgehead atoms. The second-order valence-corrected chi connectivity index (χ2v) is 5.59. The van der Waals surface area contributed by atoms with Crippen LogP contribution in [-0.2, 0) is 10.0 Å². The monoisotopic (exact) mass is 281 g/mol. The molecule has 0 saturated carbocycles. The molecule has 2 aromatic rings. The van der Waals surface area contributed by atoms with Crippen molar-refractivity contribution in [1.82, 2.24) is 9.97 Å². The van der Waals surface area contributed by atoms with E-state index in [0.29, 0.717) is 0 Å². The first-order chi connectivity index (χ1) is 8.88. The zero-order valence-electron chi connectivity index (χ0n) is 9.93. The smallest absolute Gasteiger partial charge is 0.312 e. The summed E-state index contributed by atoms with van der Waals surface area (Å²) in [5, 5.41) is 0. The van der Waals surface area contributed by atoms with Crippen LogP contribution in [0.2, 0.25) is 0 Å². The molecule has 1 heterocycles. The second-order valence-electron chi connectivity index (χ2n) is 3.90. The lowest BCUT2D eigenvalue weighted by Crippen LogP contribution is -2.26. The third kappa shape index (κ3) is 2.91. The van der Waals surface area contributed by atoms with Gasteiger partial charge >= 0.3 is 5.69 Å². The van der Waals surface area contributed by atoms with Gasteiger partial charge in [-0.25, -0.2) is 13.2 Å². The average molecular weight is 281 g/mol. The SMILES string of the molecule is Cc1ccc(S(=O)(=O)Nc2c[nH]c(=O)[nH]c2=O)cc1. The van der Waals surface area contributed by atoms with E-state index in [0.717, 1.165) is 11.8 Å². The van der Waals surface area contributed by atoms with Crippen LogP contribution in [0.3, 0.4) is 0 Å². The van der Waals surface area contributed by atoms with Gasteiger partial charge in [-0.1, -0.05) is 17.7 Å². The van der Waals surface area contributed by atoms with Crippen molar-refractivity contribution in [3.8, 4) is 0 Å². The fraction of sp³-hybridized carbons (Fsp3) is 0.0909. The highest BCUT2D eigenvalue weighted by Crippen LogP contribution is 2.13. The molecular weight excluding hydrogens is 270 g/mol. The number of rotatable bonds is 3. The van der Waals surface area contributed by atoms with Crippen molar-refractivity contribution in [1.29, 1.82) is 0 Å². The van der Waals surface area contributed by atoms with Crippen molar-refractivity contribution in [2.24, 2.45) is 0 Å². The number of anilines is 1. The summed E-state index contributed by atoms with van der Waals surface area (Å²) in [5.41, 5.74) is -0.844. The molecule has 2 rings (SSSR count). The van der Waals surface area contributed by atoms with Crippen LogP contribution in [0.15, 0.2) is 44.9 Å². The minimum atomic E-state index is -3.86. The van der Waals surface area contributed by atoms with Gasteiger partial charge in [0.05, 0.1) is 4.90 Å². The number of hydrogen-bond acceptors (Lipinski definition) is 4. The maximum absolute atomic E-state index is 12.0. The molecular formula is C11H11N3O4S. The largest absolute Gasteiger partial charge is 0.325 e. The predicted molar refractivity (Wildman–Crippen MR) is 69.7 cm³/mol. The summed E-state index contributed by atoms with van der Waals surface area (Å²) in [4.78, 5) is 26.4. The van der Waals surface area contributed by atoms with Gasteiger partial charge in [0.1, 0.15) is 5.69 Å². The third-order valence-corrected chi connectivity index (χ3v) is 3.78. The molecule has 0 radical (unpaired) electrons. The Labute approximate surface area is 108 Å². The number of aromatic nitrogens is 2. The first-order valence-corrected chi connectivity index (χ1v) is 6.78. The van der Waals surface area contributed by atoms with Crippen molar-refractivity contribution in [2.45, 2.75) is 11.8 Å². The molecule has 0 amide bonds. The number of benzene rings is 1. The highest BCUT2D eigenvalue weighted by atomic mass is 32.2. The van der Waals surface area contributed by atoms with Gasteiger partial charge in [0.15, 0.2) is 0 Å². The Morgan fingerprint density at radius 2 is 1.74 bits per heavy atom. The van der Waals surface area contributed by atoms with E-state index in [2.05, 4.69) is 9.71 Å². The molecule has 100 valence electrons. The quantitative estimate of drug-likeness (QED) is 0.744. The van der Waals surface area contributed by atoms with Crippen LogP contribution in [0.1, 0.15) is 5.56 Å². The Hall–Kier alpha value is -2.35. The zero-order valence-corrected chi connectivity index (χ0v) is 10.7. The van der Waals surface area contributed by atoms with Gasteiger partial charge < -0.3 is 4.98 Å². The Balaban J connectivity index is 2.39. The van der Waals surface area contributed by atoms with Gasteiger partial charge in [0.25, 0.3) is 15.6 Å². The minimum absolute atomic E-state index is 0.0312. The number of aromatic amines is 2. The van der Waals surface area contributed by atoms with Gasteiger partial charge in [0, 0.05) is 6.20 Å². The second kappa shape index (κ2) is 4.73. The zero-order chi connectivity index (χ0) is 14.0. The van der Waals surface area contributed by atoms with E-state index >= 15 is 0 Å². The molecule has 7 nitrogen and oxygen atoms in total. The minimum Gasteiger partial charge on any atom is -0.312 e. The first-order valence-electron chi connectivity index (χ1n) is 5.30. The standard InChI is InChI=1S/C11H11N3O4S/c1-7-2-4-8(5-3-7)19(17,18)14-9-6-12-11(16)13-10(9)15/h2-6,14H,1H3,(H2,12,13,15,16). The van der Waals surface area contributed by atoms with Crippen molar-refractivity contribution in [3.63, 3.8) is 0 Å². The Kier molecular flexibility index (Phi) is 3.26. The van der Waals surface area contributed by atoms with E-state index in [1.54, 1.807) is 12.1 Å². The van der Waals surface area contributed by atoms with Crippen LogP contribution in [0.5, 0.6) is 0 Å². The summed E-state index contributed by atoms with van der Waals surface area (Å²) >= 11 is 0. The molecule has 3 N–H and O–H groups in total. The number of H-pyrrole nitrogens is 2. The van der Waals surface area contributed by atoms with Crippen LogP contribution < -0.4 is 16.0 Å². The summed E-state index contributed by atoms with van der Waals surface area (Å²) in [6, 6.07) is 6.15. The number of aryl methyl sites for hydroxylation is 1. The molecule has 0 aliphatic rings. The van der Waals surface area contributed by atoms with Gasteiger partial charge in [0.2, 0.25) is 0 Å². The van der Waals surface area contributed by atoms with E-state index in [9.17, 15) is 18.0 Å². The molecule has 0 fully saturated rings. The van der Waals surface area contributed by atoms with Crippen LogP contribution >= 0.6 is 0 Å². The summed E-state index contributed by atoms with van der Waals surface area (Å²) in [7, 11) is -3.86. The van der Waals surface area contributed by atoms with Crippen LogP contribution in [0.25, 0.3) is 0 Å². The summed E-state index contributed by atoms with van der Waals surface area (Å²) < 4.78 is 26.1. The highest BCUT2D eigenvalue weighted by Gasteiger charge is 2.15. The predicted octanol–water partition coefficient (Wildman–Crippen LogP) is 0.172. The van der Waals surface area contributed by atoms with Crippen LogP contribution in [0, 0.1) is 6.92 Å². The molecule has 8 heteroatoms. The van der Waals surface area contributed by atoms with E-state index in [4.69, 9.17) is 0 Å². The van der Waals surface area contributed by atoms with Crippen LogP contribution in [-0.4, -0.2) is 18.4 Å². The molecule has 0 saturated heterocycles.